The van der Waals surface area contributed by atoms with Crippen molar-refractivity contribution < 1.29 is 14.7 Å². The van der Waals surface area contributed by atoms with Crippen LogP contribution in [-0.4, -0.2) is 35.6 Å². The molecule has 0 heterocycles. The molecule has 5 heteroatoms. The molecule has 0 aromatic heterocycles. The van der Waals surface area contributed by atoms with Crippen LogP contribution in [-0.2, 0) is 11.3 Å². The average Bonchev–Trinajstić information content (AvgIpc) is 2.44. The van der Waals surface area contributed by atoms with Gasteiger partial charge in [-0.2, -0.15) is 0 Å². The lowest BCUT2D eigenvalue weighted by Crippen LogP contribution is -2.39. The molecule has 2 rings (SSSR count). The largest absolute Gasteiger partial charge is 0.480 e. The third-order valence-corrected chi connectivity index (χ3v) is 3.03. The first-order valence-corrected chi connectivity index (χ1v) is 6.25. The van der Waals surface area contributed by atoms with Crippen molar-refractivity contribution in [2.45, 2.75) is 6.54 Å². The molecule has 104 valence electrons. The average molecular weight is 272 g/mol. The Morgan fingerprint density at radius 3 is 2.60 bits per heavy atom. The van der Waals surface area contributed by atoms with Gasteiger partial charge in [-0.05, 0) is 16.3 Å². The zero-order chi connectivity index (χ0) is 14.5. The normalized spacial score (nSPS) is 10.2. The van der Waals surface area contributed by atoms with Gasteiger partial charge >= 0.3 is 12.0 Å². The van der Waals surface area contributed by atoms with Gasteiger partial charge in [0.05, 0.1) is 0 Å². The van der Waals surface area contributed by atoms with Gasteiger partial charge in [0.25, 0.3) is 0 Å². The number of carboxylic acid groups (broad SMARTS) is 1. The highest BCUT2D eigenvalue weighted by molar-refractivity contribution is 5.86. The van der Waals surface area contributed by atoms with Crippen LogP contribution < -0.4 is 5.32 Å². The molecule has 0 aliphatic heterocycles. The van der Waals surface area contributed by atoms with Gasteiger partial charge < -0.3 is 15.3 Å². The van der Waals surface area contributed by atoms with E-state index in [4.69, 9.17) is 5.11 Å². The van der Waals surface area contributed by atoms with Gasteiger partial charge in [-0.15, -0.1) is 0 Å². The van der Waals surface area contributed by atoms with E-state index in [1.807, 2.05) is 42.5 Å². The molecule has 2 aromatic carbocycles. The van der Waals surface area contributed by atoms with E-state index in [0.717, 1.165) is 21.2 Å². The van der Waals surface area contributed by atoms with E-state index in [0.29, 0.717) is 6.54 Å². The minimum absolute atomic E-state index is 0.318. The number of carbonyl (C=O) groups is 2. The van der Waals surface area contributed by atoms with Crippen molar-refractivity contribution in [3.8, 4) is 0 Å². The van der Waals surface area contributed by atoms with Crippen LogP contribution in [0.1, 0.15) is 5.56 Å². The Morgan fingerprint density at radius 1 is 1.15 bits per heavy atom. The molecule has 0 aliphatic rings. The highest BCUT2D eigenvalue weighted by atomic mass is 16.4. The van der Waals surface area contributed by atoms with Crippen molar-refractivity contribution in [1.29, 1.82) is 0 Å². The Bertz CT molecular complexity index is 635. The van der Waals surface area contributed by atoms with E-state index in [-0.39, 0.29) is 6.54 Å². The van der Waals surface area contributed by atoms with Crippen LogP contribution in [0.5, 0.6) is 0 Å². The summed E-state index contributed by atoms with van der Waals surface area (Å²) in [6.45, 7) is 0.0471. The van der Waals surface area contributed by atoms with Crippen molar-refractivity contribution in [2.75, 3.05) is 13.6 Å². The molecule has 0 radical (unpaired) electrons. The minimum atomic E-state index is -1.03. The lowest BCUT2D eigenvalue weighted by atomic mass is 10.0. The van der Waals surface area contributed by atoms with Crippen LogP contribution in [0, 0.1) is 0 Å². The maximum atomic E-state index is 11.7. The fourth-order valence-corrected chi connectivity index (χ4v) is 2.03. The summed E-state index contributed by atoms with van der Waals surface area (Å²) in [5.74, 6) is -1.03. The summed E-state index contributed by atoms with van der Waals surface area (Å²) >= 11 is 0. The molecule has 0 bridgehead atoms. The lowest BCUT2D eigenvalue weighted by Gasteiger charge is -2.16. The van der Waals surface area contributed by atoms with Crippen LogP contribution >= 0.6 is 0 Å². The highest BCUT2D eigenvalue weighted by Gasteiger charge is 2.11. The smallest absolute Gasteiger partial charge is 0.323 e. The number of amides is 2. The SMILES string of the molecule is CN(CC(=O)O)C(=O)NCc1cccc2ccccc12. The molecule has 0 saturated heterocycles. The number of hydrogen-bond acceptors (Lipinski definition) is 2. The minimum Gasteiger partial charge on any atom is -0.480 e. The Balaban J connectivity index is 2.06. The molecular weight excluding hydrogens is 256 g/mol. The molecular formula is C15H16N2O3. The van der Waals surface area contributed by atoms with Crippen LogP contribution in [0.2, 0.25) is 0 Å². The molecule has 0 atom stereocenters. The second-order valence-electron chi connectivity index (χ2n) is 4.55. The number of nitrogens with one attached hydrogen (secondary N) is 1. The second kappa shape index (κ2) is 6.06. The number of carbonyl (C=O) groups excluding carboxylic acids is 1. The van der Waals surface area contributed by atoms with Gasteiger partial charge in [0.2, 0.25) is 0 Å². The van der Waals surface area contributed by atoms with Crippen molar-refractivity contribution in [3.05, 3.63) is 48.0 Å². The van der Waals surface area contributed by atoms with Crippen molar-refractivity contribution in [1.82, 2.24) is 10.2 Å². The summed E-state index contributed by atoms with van der Waals surface area (Å²) in [6.07, 6.45) is 0. The number of carboxylic acids is 1. The molecule has 0 unspecified atom stereocenters. The van der Waals surface area contributed by atoms with Crippen LogP contribution in [0.15, 0.2) is 42.5 Å². The number of nitrogens with zero attached hydrogens (tertiary/aromatic N) is 1. The van der Waals surface area contributed by atoms with Gasteiger partial charge in [-0.3, -0.25) is 4.79 Å². The number of likely N-dealkylation sites (N-methyl/N-ethyl adjacent to an activating group) is 1. The van der Waals surface area contributed by atoms with Crippen molar-refractivity contribution >= 4 is 22.8 Å². The molecule has 2 aromatic rings. The molecule has 2 amide bonds. The molecule has 2 N–H and O–H groups in total. The summed E-state index contributed by atoms with van der Waals surface area (Å²) in [6, 6.07) is 13.4. The predicted octanol–water partition coefficient (Wildman–Crippen LogP) is 2.07. The first-order valence-electron chi connectivity index (χ1n) is 6.25. The number of hydrogen-bond donors (Lipinski definition) is 2. The topological polar surface area (TPSA) is 69.6 Å². The van der Waals surface area contributed by atoms with Gasteiger partial charge in [-0.1, -0.05) is 42.5 Å². The maximum Gasteiger partial charge on any atom is 0.323 e. The van der Waals surface area contributed by atoms with Gasteiger partial charge in [0, 0.05) is 13.6 Å². The zero-order valence-corrected chi connectivity index (χ0v) is 11.2. The summed E-state index contributed by atoms with van der Waals surface area (Å²) in [5.41, 5.74) is 1.00. The first-order chi connectivity index (χ1) is 9.58. The quantitative estimate of drug-likeness (QED) is 0.895. The number of fused-ring (bicyclic) bond motifs is 1. The molecule has 5 nitrogen and oxygen atoms in total. The van der Waals surface area contributed by atoms with Crippen molar-refractivity contribution in [2.24, 2.45) is 0 Å². The number of benzene rings is 2. The predicted molar refractivity (Wildman–Crippen MR) is 76.4 cm³/mol. The van der Waals surface area contributed by atoms with Crippen LogP contribution in [0.3, 0.4) is 0 Å². The van der Waals surface area contributed by atoms with E-state index < -0.39 is 12.0 Å². The van der Waals surface area contributed by atoms with Gasteiger partial charge in [0.15, 0.2) is 0 Å². The molecule has 0 aliphatic carbocycles. The molecule has 0 saturated carbocycles. The number of rotatable bonds is 4. The van der Waals surface area contributed by atoms with E-state index in [1.165, 1.54) is 7.05 Å². The third-order valence-electron chi connectivity index (χ3n) is 3.03. The Labute approximate surface area is 116 Å². The van der Waals surface area contributed by atoms with Crippen LogP contribution in [0.4, 0.5) is 4.79 Å². The zero-order valence-electron chi connectivity index (χ0n) is 11.2. The summed E-state index contributed by atoms with van der Waals surface area (Å²) in [4.78, 5) is 23.4. The highest BCUT2D eigenvalue weighted by Crippen LogP contribution is 2.18. The Kier molecular flexibility index (Phi) is 4.20. The Hall–Kier alpha value is -2.56. The molecule has 0 spiro atoms. The number of urea groups is 1. The Morgan fingerprint density at radius 2 is 1.85 bits per heavy atom. The van der Waals surface area contributed by atoms with Gasteiger partial charge in [0.1, 0.15) is 6.54 Å². The van der Waals surface area contributed by atoms with E-state index in [9.17, 15) is 9.59 Å². The van der Waals surface area contributed by atoms with Crippen molar-refractivity contribution in [3.63, 3.8) is 0 Å². The second-order valence-corrected chi connectivity index (χ2v) is 4.55. The maximum absolute atomic E-state index is 11.7. The van der Waals surface area contributed by atoms with Gasteiger partial charge in [-0.25, -0.2) is 4.79 Å². The molecule has 20 heavy (non-hydrogen) atoms. The van der Waals surface area contributed by atoms with E-state index >= 15 is 0 Å². The van der Waals surface area contributed by atoms with Crippen LogP contribution in [0.25, 0.3) is 10.8 Å². The molecule has 0 fully saturated rings. The summed E-state index contributed by atoms with van der Waals surface area (Å²) < 4.78 is 0. The van der Waals surface area contributed by atoms with E-state index in [1.54, 1.807) is 0 Å². The summed E-state index contributed by atoms with van der Waals surface area (Å²) in [7, 11) is 1.45. The number of aliphatic carboxylic acids is 1. The first kappa shape index (κ1) is 13.9. The van der Waals surface area contributed by atoms with E-state index in [2.05, 4.69) is 5.32 Å². The summed E-state index contributed by atoms with van der Waals surface area (Å²) in [5, 5.41) is 13.5. The lowest BCUT2D eigenvalue weighted by molar-refractivity contribution is -0.137. The fraction of sp³-hybridized carbons (Fsp3) is 0.200. The fourth-order valence-electron chi connectivity index (χ4n) is 2.03. The third kappa shape index (κ3) is 3.26. The standard InChI is InChI=1S/C15H16N2O3/c1-17(10-14(18)19)15(20)16-9-12-7-4-6-11-5-2-3-8-13(11)12/h2-8H,9-10H2,1H3,(H,16,20)(H,18,19). The monoisotopic (exact) mass is 272 g/mol.